The van der Waals surface area contributed by atoms with E-state index < -0.39 is 9.84 Å². The van der Waals surface area contributed by atoms with Gasteiger partial charge in [0.2, 0.25) is 0 Å². The van der Waals surface area contributed by atoms with Crippen LogP contribution in [0.2, 0.25) is 0 Å². The first-order valence-corrected chi connectivity index (χ1v) is 7.86. The molecule has 1 heterocycles. The fraction of sp³-hybridized carbons (Fsp3) is 0.167. The van der Waals surface area contributed by atoms with Gasteiger partial charge in [-0.3, -0.25) is 4.98 Å². The molecule has 0 radical (unpaired) electrons. The molecule has 0 aliphatic rings. The van der Waals surface area contributed by atoms with Gasteiger partial charge in [-0.2, -0.15) is 0 Å². The first-order chi connectivity index (χ1) is 8.38. The van der Waals surface area contributed by atoms with Crippen LogP contribution < -0.4 is 0 Å². The van der Waals surface area contributed by atoms with Crippen molar-refractivity contribution in [2.45, 2.75) is 11.8 Å². The predicted molar refractivity (Wildman–Crippen MR) is 73.0 cm³/mol. The normalized spacial score (nSPS) is 11.5. The lowest BCUT2D eigenvalue weighted by molar-refractivity contribution is 0.602. The summed E-state index contributed by atoms with van der Waals surface area (Å²) in [7, 11) is -3.17. The molecule has 4 nitrogen and oxygen atoms in total. The predicted octanol–water partition coefficient (Wildman–Crippen LogP) is 2.62. The quantitative estimate of drug-likeness (QED) is 0.851. The number of rotatable bonds is 2. The fourth-order valence-electron chi connectivity index (χ4n) is 1.56. The molecule has 1 aromatic heterocycles. The third-order valence-electron chi connectivity index (χ3n) is 2.48. The van der Waals surface area contributed by atoms with Crippen molar-refractivity contribution in [2.75, 3.05) is 6.26 Å². The average Bonchev–Trinajstić information content (AvgIpc) is 2.31. The standard InChI is InChI=1S/C12H11BrN2O2S/c1-8-12(15-11(13)7-14-8)9-3-5-10(6-4-9)18(2,16)17/h3-7H,1-2H3. The third kappa shape index (κ3) is 2.76. The maximum absolute atomic E-state index is 11.4. The molecule has 0 amide bonds. The van der Waals surface area contributed by atoms with Gasteiger partial charge in [-0.25, -0.2) is 13.4 Å². The summed E-state index contributed by atoms with van der Waals surface area (Å²) in [5.41, 5.74) is 2.38. The second kappa shape index (κ2) is 4.78. The largest absolute Gasteiger partial charge is 0.257 e. The average molecular weight is 327 g/mol. The van der Waals surface area contributed by atoms with Gasteiger partial charge in [-0.1, -0.05) is 12.1 Å². The summed E-state index contributed by atoms with van der Waals surface area (Å²) >= 11 is 3.27. The highest BCUT2D eigenvalue weighted by molar-refractivity contribution is 9.10. The molecule has 0 spiro atoms. The molecular weight excluding hydrogens is 316 g/mol. The monoisotopic (exact) mass is 326 g/mol. The van der Waals surface area contributed by atoms with Crippen molar-refractivity contribution in [1.29, 1.82) is 0 Å². The first kappa shape index (κ1) is 13.2. The number of benzene rings is 1. The van der Waals surface area contributed by atoms with Crippen LogP contribution in [0, 0.1) is 6.92 Å². The molecule has 6 heteroatoms. The number of aromatic nitrogens is 2. The van der Waals surface area contributed by atoms with Gasteiger partial charge < -0.3 is 0 Å². The molecule has 0 aliphatic heterocycles. The molecule has 18 heavy (non-hydrogen) atoms. The van der Waals surface area contributed by atoms with Crippen LogP contribution in [-0.4, -0.2) is 24.6 Å². The van der Waals surface area contributed by atoms with Crippen LogP contribution in [-0.2, 0) is 9.84 Å². The number of nitrogens with zero attached hydrogens (tertiary/aromatic N) is 2. The van der Waals surface area contributed by atoms with E-state index in [2.05, 4.69) is 25.9 Å². The van der Waals surface area contributed by atoms with Crippen molar-refractivity contribution in [1.82, 2.24) is 9.97 Å². The zero-order valence-corrected chi connectivity index (χ0v) is 12.3. The Labute approximate surface area is 114 Å². The molecule has 94 valence electrons. The van der Waals surface area contributed by atoms with E-state index in [0.717, 1.165) is 17.0 Å². The number of halogens is 1. The number of aryl methyl sites for hydroxylation is 1. The minimum atomic E-state index is -3.17. The van der Waals surface area contributed by atoms with E-state index in [9.17, 15) is 8.42 Å². The Bertz CT molecular complexity index is 682. The SMILES string of the molecule is Cc1ncc(Br)nc1-c1ccc(S(C)(=O)=O)cc1. The van der Waals surface area contributed by atoms with Crippen LogP contribution in [0.1, 0.15) is 5.69 Å². The van der Waals surface area contributed by atoms with Crippen LogP contribution in [0.3, 0.4) is 0 Å². The van der Waals surface area contributed by atoms with Gasteiger partial charge in [0.05, 0.1) is 22.5 Å². The molecule has 0 fully saturated rings. The highest BCUT2D eigenvalue weighted by atomic mass is 79.9. The Hall–Kier alpha value is -1.27. The van der Waals surface area contributed by atoms with Gasteiger partial charge in [0.1, 0.15) is 4.60 Å². The van der Waals surface area contributed by atoms with Gasteiger partial charge in [0.15, 0.2) is 9.84 Å². The molecule has 2 aromatic rings. The van der Waals surface area contributed by atoms with Crippen molar-refractivity contribution in [3.8, 4) is 11.3 Å². The lowest BCUT2D eigenvalue weighted by Gasteiger charge is -2.05. The smallest absolute Gasteiger partial charge is 0.175 e. The van der Waals surface area contributed by atoms with Crippen LogP contribution in [0.4, 0.5) is 0 Å². The highest BCUT2D eigenvalue weighted by Crippen LogP contribution is 2.23. The van der Waals surface area contributed by atoms with E-state index in [1.165, 1.54) is 6.26 Å². The Morgan fingerprint density at radius 3 is 2.33 bits per heavy atom. The molecule has 0 aliphatic carbocycles. The summed E-state index contributed by atoms with van der Waals surface area (Å²) in [5.74, 6) is 0. The first-order valence-electron chi connectivity index (χ1n) is 5.17. The minimum Gasteiger partial charge on any atom is -0.257 e. The van der Waals surface area contributed by atoms with Crippen molar-refractivity contribution < 1.29 is 8.42 Å². The fourth-order valence-corrected chi connectivity index (χ4v) is 2.47. The van der Waals surface area contributed by atoms with Gasteiger partial charge in [-0.15, -0.1) is 0 Å². The van der Waals surface area contributed by atoms with Gasteiger partial charge in [0.25, 0.3) is 0 Å². The van der Waals surface area contributed by atoms with Gasteiger partial charge in [0, 0.05) is 11.8 Å². The summed E-state index contributed by atoms with van der Waals surface area (Å²) in [6.45, 7) is 1.86. The summed E-state index contributed by atoms with van der Waals surface area (Å²) in [6, 6.07) is 6.62. The maximum Gasteiger partial charge on any atom is 0.175 e. The second-order valence-electron chi connectivity index (χ2n) is 3.92. The molecular formula is C12H11BrN2O2S. The highest BCUT2D eigenvalue weighted by Gasteiger charge is 2.09. The zero-order valence-electron chi connectivity index (χ0n) is 9.88. The van der Waals surface area contributed by atoms with Crippen molar-refractivity contribution in [2.24, 2.45) is 0 Å². The van der Waals surface area contributed by atoms with E-state index in [4.69, 9.17) is 0 Å². The van der Waals surface area contributed by atoms with Gasteiger partial charge in [-0.05, 0) is 35.0 Å². The zero-order chi connectivity index (χ0) is 13.3. The van der Waals surface area contributed by atoms with Crippen molar-refractivity contribution in [3.63, 3.8) is 0 Å². The molecule has 1 aromatic carbocycles. The lowest BCUT2D eigenvalue weighted by Crippen LogP contribution is -1.97. The summed E-state index contributed by atoms with van der Waals surface area (Å²) < 4.78 is 23.4. The van der Waals surface area contributed by atoms with E-state index >= 15 is 0 Å². The maximum atomic E-state index is 11.4. The van der Waals surface area contributed by atoms with Crippen LogP contribution in [0.15, 0.2) is 40.0 Å². The van der Waals surface area contributed by atoms with Crippen LogP contribution in [0.25, 0.3) is 11.3 Å². The molecule has 0 N–H and O–H groups in total. The van der Waals surface area contributed by atoms with E-state index in [1.807, 2.05) is 6.92 Å². The van der Waals surface area contributed by atoms with Crippen molar-refractivity contribution >= 4 is 25.8 Å². The minimum absolute atomic E-state index is 0.298. The Balaban J connectivity index is 2.50. The molecule has 0 saturated heterocycles. The molecule has 0 unspecified atom stereocenters. The lowest BCUT2D eigenvalue weighted by atomic mass is 10.1. The van der Waals surface area contributed by atoms with Crippen LogP contribution >= 0.6 is 15.9 Å². The molecule has 0 bridgehead atoms. The van der Waals surface area contributed by atoms with Crippen LogP contribution in [0.5, 0.6) is 0 Å². The number of hydrogen-bond donors (Lipinski definition) is 0. The molecule has 0 saturated carbocycles. The molecule has 0 atom stereocenters. The van der Waals surface area contributed by atoms with E-state index in [0.29, 0.717) is 9.50 Å². The second-order valence-corrected chi connectivity index (χ2v) is 6.75. The summed E-state index contributed by atoms with van der Waals surface area (Å²) in [4.78, 5) is 8.84. The number of sulfone groups is 1. The molecule has 2 rings (SSSR count). The number of hydrogen-bond acceptors (Lipinski definition) is 4. The summed E-state index contributed by atoms with van der Waals surface area (Å²) in [6.07, 6.45) is 2.82. The van der Waals surface area contributed by atoms with Crippen molar-refractivity contribution in [3.05, 3.63) is 40.8 Å². The Kier molecular flexibility index (Phi) is 3.49. The van der Waals surface area contributed by atoms with E-state index in [1.54, 1.807) is 30.5 Å². The Morgan fingerprint density at radius 1 is 1.17 bits per heavy atom. The van der Waals surface area contributed by atoms with E-state index in [-0.39, 0.29) is 0 Å². The van der Waals surface area contributed by atoms with Gasteiger partial charge >= 0.3 is 0 Å². The third-order valence-corrected chi connectivity index (χ3v) is 3.99. The summed E-state index contributed by atoms with van der Waals surface area (Å²) in [5, 5.41) is 0. The topological polar surface area (TPSA) is 59.9 Å². The Morgan fingerprint density at radius 2 is 1.78 bits per heavy atom.